The fraction of sp³-hybridized carbons (Fsp3) is 0.231. The van der Waals surface area contributed by atoms with Crippen molar-refractivity contribution in [3.63, 3.8) is 0 Å². The second-order valence-electron chi connectivity index (χ2n) is 4.39. The van der Waals surface area contributed by atoms with Crippen LogP contribution in [-0.4, -0.2) is 27.0 Å². The molecule has 1 aromatic carbocycles. The molecule has 21 heavy (non-hydrogen) atoms. The molecule has 110 valence electrons. The zero-order valence-corrected chi connectivity index (χ0v) is 12.0. The van der Waals surface area contributed by atoms with E-state index >= 15 is 0 Å². The minimum Gasteiger partial charge on any atom is -0.349 e. The van der Waals surface area contributed by atoms with E-state index in [1.807, 2.05) is 0 Å². The number of rotatable bonds is 5. The second kappa shape index (κ2) is 6.85. The first-order valence-corrected chi connectivity index (χ1v) is 6.60. The highest BCUT2D eigenvalue weighted by Crippen LogP contribution is 2.20. The van der Waals surface area contributed by atoms with Crippen LogP contribution in [0.5, 0.6) is 0 Å². The Morgan fingerprint density at radius 3 is 2.62 bits per heavy atom. The maximum atomic E-state index is 12.0. The first-order chi connectivity index (χ1) is 10.0. The van der Waals surface area contributed by atoms with Gasteiger partial charge in [0.25, 0.3) is 0 Å². The van der Waals surface area contributed by atoms with E-state index in [9.17, 15) is 9.59 Å². The normalized spacial score (nSPS) is 11.7. The van der Waals surface area contributed by atoms with Crippen LogP contribution in [0.4, 0.5) is 5.95 Å². The lowest BCUT2D eigenvalue weighted by molar-refractivity contribution is -0.120. The summed E-state index contributed by atoms with van der Waals surface area (Å²) in [7, 11) is 0. The predicted octanol–water partition coefficient (Wildman–Crippen LogP) is 1.66. The molecule has 8 heteroatoms. The molecule has 0 saturated carbocycles. The van der Waals surface area contributed by atoms with Crippen molar-refractivity contribution in [3.8, 4) is 0 Å². The van der Waals surface area contributed by atoms with Gasteiger partial charge in [0.15, 0.2) is 0 Å². The molecule has 2 amide bonds. The number of carbonyl (C=O) groups excluding carboxylic acids is 2. The summed E-state index contributed by atoms with van der Waals surface area (Å²) < 4.78 is 0. The Labute approximate surface area is 126 Å². The Kier molecular flexibility index (Phi) is 4.89. The van der Waals surface area contributed by atoms with E-state index in [1.54, 1.807) is 24.3 Å². The van der Waals surface area contributed by atoms with Crippen LogP contribution in [0.3, 0.4) is 0 Å². The number of amides is 2. The lowest BCUT2D eigenvalue weighted by Crippen LogP contribution is -2.29. The largest absolute Gasteiger partial charge is 0.349 e. The van der Waals surface area contributed by atoms with Crippen molar-refractivity contribution in [1.82, 2.24) is 20.5 Å². The fourth-order valence-corrected chi connectivity index (χ4v) is 1.95. The Morgan fingerprint density at radius 1 is 1.33 bits per heavy atom. The molecule has 0 radical (unpaired) electrons. The topological polar surface area (TPSA) is 99.8 Å². The van der Waals surface area contributed by atoms with E-state index in [0.29, 0.717) is 5.02 Å². The highest BCUT2D eigenvalue weighted by atomic mass is 35.5. The molecule has 1 atom stereocenters. The number of aromatic amines is 1. The van der Waals surface area contributed by atoms with E-state index in [4.69, 9.17) is 11.6 Å². The molecule has 1 aromatic heterocycles. The van der Waals surface area contributed by atoms with Gasteiger partial charge >= 0.3 is 0 Å². The summed E-state index contributed by atoms with van der Waals surface area (Å²) in [4.78, 5) is 27.1. The number of nitrogens with zero attached hydrogens (tertiary/aromatic N) is 2. The van der Waals surface area contributed by atoms with Crippen LogP contribution in [0.15, 0.2) is 30.6 Å². The van der Waals surface area contributed by atoms with Crippen LogP contribution < -0.4 is 10.6 Å². The van der Waals surface area contributed by atoms with Crippen molar-refractivity contribution in [3.05, 3.63) is 41.2 Å². The van der Waals surface area contributed by atoms with E-state index in [1.165, 1.54) is 13.3 Å². The van der Waals surface area contributed by atoms with Gasteiger partial charge in [-0.05, 0) is 17.7 Å². The molecule has 0 spiro atoms. The number of halogens is 1. The number of anilines is 1. The smallest absolute Gasteiger partial charge is 0.229 e. The van der Waals surface area contributed by atoms with Gasteiger partial charge in [-0.15, -0.1) is 0 Å². The van der Waals surface area contributed by atoms with Crippen LogP contribution in [0.1, 0.15) is 24.9 Å². The maximum Gasteiger partial charge on any atom is 0.229 e. The van der Waals surface area contributed by atoms with Crippen molar-refractivity contribution in [1.29, 1.82) is 0 Å². The molecule has 2 aromatic rings. The van der Waals surface area contributed by atoms with E-state index in [-0.39, 0.29) is 24.2 Å². The van der Waals surface area contributed by atoms with Gasteiger partial charge in [-0.2, -0.15) is 10.1 Å². The SMILES string of the molecule is CC(=O)NC(CC(=O)Nc1ncn[nH]1)c1ccc(Cl)cc1. The van der Waals surface area contributed by atoms with Gasteiger partial charge in [0.1, 0.15) is 6.33 Å². The number of carbonyl (C=O) groups is 2. The summed E-state index contributed by atoms with van der Waals surface area (Å²) in [6.07, 6.45) is 1.36. The first kappa shape index (κ1) is 15.0. The monoisotopic (exact) mass is 307 g/mol. The molecular weight excluding hydrogens is 294 g/mol. The minimum atomic E-state index is -0.442. The molecule has 3 N–H and O–H groups in total. The predicted molar refractivity (Wildman–Crippen MR) is 77.6 cm³/mol. The molecule has 0 aliphatic rings. The molecule has 2 rings (SSSR count). The number of benzene rings is 1. The van der Waals surface area contributed by atoms with Crippen molar-refractivity contribution >= 4 is 29.4 Å². The molecule has 0 aliphatic carbocycles. The van der Waals surface area contributed by atoms with Crippen LogP contribution >= 0.6 is 11.6 Å². The third-order valence-electron chi connectivity index (χ3n) is 2.71. The third kappa shape index (κ3) is 4.57. The number of hydrogen-bond acceptors (Lipinski definition) is 4. The third-order valence-corrected chi connectivity index (χ3v) is 2.96. The van der Waals surface area contributed by atoms with Gasteiger partial charge in [0, 0.05) is 11.9 Å². The van der Waals surface area contributed by atoms with E-state index in [2.05, 4.69) is 25.8 Å². The molecule has 0 aliphatic heterocycles. The number of nitrogens with one attached hydrogen (secondary N) is 3. The quantitative estimate of drug-likeness (QED) is 0.782. The van der Waals surface area contributed by atoms with Crippen molar-refractivity contribution in [2.45, 2.75) is 19.4 Å². The average Bonchev–Trinajstić information content (AvgIpc) is 2.91. The zero-order chi connectivity index (χ0) is 15.2. The van der Waals surface area contributed by atoms with E-state index < -0.39 is 6.04 Å². The van der Waals surface area contributed by atoms with Gasteiger partial charge in [-0.3, -0.25) is 14.9 Å². The number of hydrogen-bond donors (Lipinski definition) is 3. The highest BCUT2D eigenvalue weighted by Gasteiger charge is 2.17. The van der Waals surface area contributed by atoms with Gasteiger partial charge in [-0.25, -0.2) is 5.10 Å². The molecule has 0 fully saturated rings. The van der Waals surface area contributed by atoms with Crippen molar-refractivity contribution < 1.29 is 9.59 Å². The minimum absolute atomic E-state index is 0.0713. The van der Waals surface area contributed by atoms with Crippen LogP contribution in [0, 0.1) is 0 Å². The van der Waals surface area contributed by atoms with Crippen LogP contribution in [0.2, 0.25) is 5.02 Å². The van der Waals surface area contributed by atoms with Gasteiger partial charge in [0.05, 0.1) is 12.5 Å². The highest BCUT2D eigenvalue weighted by molar-refractivity contribution is 6.30. The number of aromatic nitrogens is 3. The zero-order valence-electron chi connectivity index (χ0n) is 11.3. The second-order valence-corrected chi connectivity index (χ2v) is 4.83. The van der Waals surface area contributed by atoms with Crippen LogP contribution in [0.25, 0.3) is 0 Å². The lowest BCUT2D eigenvalue weighted by Gasteiger charge is -2.17. The molecule has 0 saturated heterocycles. The molecule has 7 nitrogen and oxygen atoms in total. The van der Waals surface area contributed by atoms with Gasteiger partial charge in [-0.1, -0.05) is 23.7 Å². The van der Waals surface area contributed by atoms with E-state index in [0.717, 1.165) is 5.56 Å². The summed E-state index contributed by atoms with van der Waals surface area (Å²) in [5.41, 5.74) is 0.794. The Hall–Kier alpha value is -2.41. The molecule has 0 bridgehead atoms. The van der Waals surface area contributed by atoms with Gasteiger partial charge in [0.2, 0.25) is 17.8 Å². The summed E-state index contributed by atoms with van der Waals surface area (Å²) in [6, 6.07) is 6.51. The molecular formula is C13H14ClN5O2. The Bertz CT molecular complexity index is 612. The summed E-state index contributed by atoms with van der Waals surface area (Å²) >= 11 is 5.84. The molecule has 1 heterocycles. The summed E-state index contributed by atoms with van der Waals surface area (Å²) in [6.45, 7) is 1.40. The molecule has 1 unspecified atom stereocenters. The van der Waals surface area contributed by atoms with Crippen molar-refractivity contribution in [2.75, 3.05) is 5.32 Å². The van der Waals surface area contributed by atoms with Gasteiger partial charge < -0.3 is 5.32 Å². The first-order valence-electron chi connectivity index (χ1n) is 6.22. The standard InChI is InChI=1S/C13H14ClN5O2/c1-8(20)17-11(9-2-4-10(14)5-3-9)6-12(21)18-13-15-7-16-19-13/h2-5,7,11H,6H2,1H3,(H,17,20)(H2,15,16,18,19,21). The Morgan fingerprint density at radius 2 is 2.05 bits per heavy atom. The number of H-pyrrole nitrogens is 1. The average molecular weight is 308 g/mol. The summed E-state index contributed by atoms with van der Waals surface area (Å²) in [5, 5.41) is 12.1. The Balaban J connectivity index is 2.07. The lowest BCUT2D eigenvalue weighted by atomic mass is 10.0. The van der Waals surface area contributed by atoms with Crippen molar-refractivity contribution in [2.24, 2.45) is 0 Å². The summed E-state index contributed by atoms with van der Waals surface area (Å²) in [5.74, 6) is -0.249. The maximum absolute atomic E-state index is 12.0. The fourth-order valence-electron chi connectivity index (χ4n) is 1.83. The van der Waals surface area contributed by atoms with Crippen LogP contribution in [-0.2, 0) is 9.59 Å².